The molecule has 0 spiro atoms. The second-order valence-electron chi connectivity index (χ2n) is 8.34. The Morgan fingerprint density at radius 1 is 0.935 bits per heavy atom. The summed E-state index contributed by atoms with van der Waals surface area (Å²) in [6.45, 7) is 3.85. The van der Waals surface area contributed by atoms with Crippen LogP contribution in [0, 0.1) is 0 Å². The van der Waals surface area contributed by atoms with Crippen LogP contribution in [0.1, 0.15) is 48.6 Å². The number of nitrogens with zero attached hydrogens (tertiary/aromatic N) is 2. The van der Waals surface area contributed by atoms with Crippen molar-refractivity contribution < 1.29 is 13.2 Å². The number of sulfonamides is 1. The Bertz CT molecular complexity index is 963. The predicted octanol–water partition coefficient (Wildman–Crippen LogP) is 3.42. The van der Waals surface area contributed by atoms with Gasteiger partial charge in [-0.05, 0) is 56.5 Å². The van der Waals surface area contributed by atoms with Crippen molar-refractivity contribution in [2.24, 2.45) is 0 Å². The van der Waals surface area contributed by atoms with Gasteiger partial charge in [0.05, 0.1) is 12.5 Å². The summed E-state index contributed by atoms with van der Waals surface area (Å²) < 4.78 is 27.6. The fraction of sp³-hybridized carbons (Fsp3) is 0.522. The van der Waals surface area contributed by atoms with Gasteiger partial charge < -0.3 is 5.32 Å². The molecule has 4 rings (SSSR count). The number of rotatable bonds is 8. The zero-order valence-corrected chi connectivity index (χ0v) is 19.5. The van der Waals surface area contributed by atoms with Crippen LogP contribution in [0.2, 0.25) is 0 Å². The molecule has 6 nitrogen and oxygen atoms in total. The van der Waals surface area contributed by atoms with Crippen LogP contribution in [-0.4, -0.2) is 56.3 Å². The first-order valence-corrected chi connectivity index (χ1v) is 13.4. The molecule has 0 bridgehead atoms. The number of thiophene rings is 1. The molecule has 1 aromatic heterocycles. The fourth-order valence-electron chi connectivity index (χ4n) is 4.44. The topological polar surface area (TPSA) is 69.7 Å². The SMILES string of the molecule is O=C(Cc1ccc(S(=O)(=O)N2CCCCC2)s1)NCC(c1ccccc1)N1CCCC1. The lowest BCUT2D eigenvalue weighted by Crippen LogP contribution is -2.37. The van der Waals surface area contributed by atoms with Gasteiger partial charge in [-0.3, -0.25) is 9.69 Å². The summed E-state index contributed by atoms with van der Waals surface area (Å²) in [7, 11) is -3.44. The van der Waals surface area contributed by atoms with Gasteiger partial charge in [-0.25, -0.2) is 8.42 Å². The Balaban J connectivity index is 1.36. The van der Waals surface area contributed by atoms with Crippen molar-refractivity contribution in [2.75, 3.05) is 32.7 Å². The molecule has 1 aromatic carbocycles. The summed E-state index contributed by atoms with van der Waals surface area (Å²) in [5.41, 5.74) is 1.22. The van der Waals surface area contributed by atoms with E-state index in [4.69, 9.17) is 0 Å². The van der Waals surface area contributed by atoms with E-state index >= 15 is 0 Å². The second-order valence-corrected chi connectivity index (χ2v) is 11.7. The van der Waals surface area contributed by atoms with E-state index in [1.807, 2.05) is 18.2 Å². The number of hydrogen-bond donors (Lipinski definition) is 1. The van der Waals surface area contributed by atoms with Gasteiger partial charge in [-0.2, -0.15) is 4.31 Å². The highest BCUT2D eigenvalue weighted by atomic mass is 32.2. The van der Waals surface area contributed by atoms with E-state index < -0.39 is 10.0 Å². The standard InChI is InChI=1S/C23H31N3O3S2/c27-22(24-18-21(25-13-7-8-14-25)19-9-3-1-4-10-19)17-20-11-12-23(30-20)31(28,29)26-15-5-2-6-16-26/h1,3-4,9-12,21H,2,5-8,13-18H2,(H,24,27). The highest BCUT2D eigenvalue weighted by Gasteiger charge is 2.28. The largest absolute Gasteiger partial charge is 0.354 e. The average Bonchev–Trinajstić information content (AvgIpc) is 3.48. The lowest BCUT2D eigenvalue weighted by atomic mass is 10.1. The molecule has 1 unspecified atom stereocenters. The molecular weight excluding hydrogens is 430 g/mol. The molecule has 1 amide bonds. The summed E-state index contributed by atoms with van der Waals surface area (Å²) >= 11 is 1.22. The molecule has 1 N–H and O–H groups in total. The average molecular weight is 462 g/mol. The van der Waals surface area contributed by atoms with Crippen LogP contribution in [0.3, 0.4) is 0 Å². The van der Waals surface area contributed by atoms with Crippen LogP contribution in [0.5, 0.6) is 0 Å². The molecular formula is C23H31N3O3S2. The molecule has 2 aliphatic rings. The lowest BCUT2D eigenvalue weighted by molar-refractivity contribution is -0.120. The number of carbonyl (C=O) groups excluding carboxylic acids is 1. The first-order valence-electron chi connectivity index (χ1n) is 11.2. The van der Waals surface area contributed by atoms with Crippen molar-refractivity contribution in [1.82, 2.24) is 14.5 Å². The molecule has 1 atom stereocenters. The maximum absolute atomic E-state index is 12.8. The summed E-state index contributed by atoms with van der Waals surface area (Å²) in [5.74, 6) is -0.0658. The number of benzene rings is 1. The van der Waals surface area contributed by atoms with Crippen LogP contribution < -0.4 is 5.32 Å². The van der Waals surface area contributed by atoms with Crippen LogP contribution in [0.4, 0.5) is 0 Å². The zero-order valence-electron chi connectivity index (χ0n) is 17.8. The van der Waals surface area contributed by atoms with E-state index in [1.165, 1.54) is 29.7 Å². The van der Waals surface area contributed by atoms with Gasteiger partial charge in [-0.15, -0.1) is 11.3 Å². The molecule has 168 valence electrons. The zero-order chi connectivity index (χ0) is 21.7. The molecule has 8 heteroatoms. The highest BCUT2D eigenvalue weighted by Crippen LogP contribution is 2.28. The summed E-state index contributed by atoms with van der Waals surface area (Å²) in [5, 5.41) is 3.08. The van der Waals surface area contributed by atoms with Crippen LogP contribution in [0.25, 0.3) is 0 Å². The third-order valence-electron chi connectivity index (χ3n) is 6.14. The van der Waals surface area contributed by atoms with E-state index in [0.717, 1.165) is 37.2 Å². The molecule has 31 heavy (non-hydrogen) atoms. The Labute approximate surface area is 189 Å². The number of piperidine rings is 1. The van der Waals surface area contributed by atoms with Crippen molar-refractivity contribution in [3.05, 3.63) is 52.9 Å². The quantitative estimate of drug-likeness (QED) is 0.654. The van der Waals surface area contributed by atoms with Crippen molar-refractivity contribution in [2.45, 2.75) is 48.8 Å². The predicted molar refractivity (Wildman–Crippen MR) is 124 cm³/mol. The number of carbonyl (C=O) groups is 1. The summed E-state index contributed by atoms with van der Waals surface area (Å²) in [6, 6.07) is 13.9. The van der Waals surface area contributed by atoms with Crippen molar-refractivity contribution in [1.29, 1.82) is 0 Å². The van der Waals surface area contributed by atoms with Crippen molar-refractivity contribution in [3.63, 3.8) is 0 Å². The number of amides is 1. The molecule has 2 aliphatic heterocycles. The molecule has 2 aromatic rings. The minimum atomic E-state index is -3.44. The van der Waals surface area contributed by atoms with E-state index in [-0.39, 0.29) is 18.4 Å². The van der Waals surface area contributed by atoms with Gasteiger partial charge >= 0.3 is 0 Å². The van der Waals surface area contributed by atoms with Crippen molar-refractivity contribution in [3.8, 4) is 0 Å². The molecule has 0 saturated carbocycles. The van der Waals surface area contributed by atoms with E-state index in [0.29, 0.717) is 23.8 Å². The summed E-state index contributed by atoms with van der Waals surface area (Å²) in [6.07, 6.45) is 5.52. The van der Waals surface area contributed by atoms with Gasteiger partial charge in [-0.1, -0.05) is 36.8 Å². The molecule has 2 saturated heterocycles. The maximum Gasteiger partial charge on any atom is 0.252 e. The highest BCUT2D eigenvalue weighted by molar-refractivity contribution is 7.91. The molecule has 3 heterocycles. The lowest BCUT2D eigenvalue weighted by Gasteiger charge is -2.28. The van der Waals surface area contributed by atoms with Crippen LogP contribution in [0.15, 0.2) is 46.7 Å². The van der Waals surface area contributed by atoms with E-state index in [9.17, 15) is 13.2 Å². The van der Waals surface area contributed by atoms with Crippen LogP contribution >= 0.6 is 11.3 Å². The van der Waals surface area contributed by atoms with Gasteiger partial charge in [0.25, 0.3) is 10.0 Å². The number of hydrogen-bond acceptors (Lipinski definition) is 5. The Morgan fingerprint density at radius 2 is 1.61 bits per heavy atom. The van der Waals surface area contributed by atoms with Gasteiger partial charge in [0, 0.05) is 24.5 Å². The van der Waals surface area contributed by atoms with Gasteiger partial charge in [0.15, 0.2) is 0 Å². The number of nitrogens with one attached hydrogen (secondary N) is 1. The Kier molecular flexibility index (Phi) is 7.43. The first kappa shape index (κ1) is 22.5. The second kappa shape index (κ2) is 10.3. The normalized spacial score (nSPS) is 19.4. The first-order chi connectivity index (χ1) is 15.0. The van der Waals surface area contributed by atoms with Gasteiger partial charge in [0.1, 0.15) is 4.21 Å². The molecule has 2 fully saturated rings. The minimum Gasteiger partial charge on any atom is -0.354 e. The van der Waals surface area contributed by atoms with Crippen LogP contribution in [-0.2, 0) is 21.2 Å². The van der Waals surface area contributed by atoms with Gasteiger partial charge in [0.2, 0.25) is 5.91 Å². The molecule has 0 radical (unpaired) electrons. The van der Waals surface area contributed by atoms with E-state index in [2.05, 4.69) is 22.3 Å². The summed E-state index contributed by atoms with van der Waals surface area (Å²) in [4.78, 5) is 15.9. The Morgan fingerprint density at radius 3 is 2.32 bits per heavy atom. The monoisotopic (exact) mass is 461 g/mol. The third-order valence-corrected chi connectivity index (χ3v) is 9.59. The third kappa shape index (κ3) is 5.55. The fourth-order valence-corrected chi connectivity index (χ4v) is 7.47. The Hall–Kier alpha value is -1.74. The number of likely N-dealkylation sites (tertiary alicyclic amines) is 1. The molecule has 0 aliphatic carbocycles. The minimum absolute atomic E-state index is 0.0658. The maximum atomic E-state index is 12.8. The van der Waals surface area contributed by atoms with E-state index in [1.54, 1.807) is 16.4 Å². The smallest absolute Gasteiger partial charge is 0.252 e. The van der Waals surface area contributed by atoms with Crippen molar-refractivity contribution >= 4 is 27.3 Å².